The van der Waals surface area contributed by atoms with Crippen LogP contribution in [0.15, 0.2) is 47.1 Å². The van der Waals surface area contributed by atoms with Gasteiger partial charge >= 0.3 is 0 Å². The van der Waals surface area contributed by atoms with Gasteiger partial charge in [0.1, 0.15) is 5.75 Å². The first-order valence-electron chi connectivity index (χ1n) is 7.44. The number of ether oxygens (including phenoxy) is 1. The summed E-state index contributed by atoms with van der Waals surface area (Å²) >= 11 is 0. The molecule has 0 fully saturated rings. The molecule has 2 aromatic rings. The molecule has 1 aromatic heterocycles. The first-order chi connectivity index (χ1) is 11.1. The summed E-state index contributed by atoms with van der Waals surface area (Å²) in [5, 5.41) is 2.72. The van der Waals surface area contributed by atoms with E-state index in [1.54, 1.807) is 17.0 Å². The van der Waals surface area contributed by atoms with Crippen LogP contribution >= 0.6 is 0 Å². The number of hydrogen-bond acceptors (Lipinski definition) is 4. The van der Waals surface area contributed by atoms with Crippen LogP contribution in [0.5, 0.6) is 5.75 Å². The molecule has 1 aromatic carbocycles. The number of nitrogens with one attached hydrogen (secondary N) is 1. The molecule has 0 bridgehead atoms. The Morgan fingerprint density at radius 3 is 2.52 bits per heavy atom. The monoisotopic (exact) mass is 316 g/mol. The topological polar surface area (TPSA) is 71.8 Å². The molecule has 2 rings (SSSR count). The second kappa shape index (κ2) is 8.03. The second-order valence-corrected chi connectivity index (χ2v) is 4.83. The van der Waals surface area contributed by atoms with Crippen molar-refractivity contribution >= 4 is 17.5 Å². The third kappa shape index (κ3) is 4.60. The van der Waals surface area contributed by atoms with Crippen molar-refractivity contribution in [3.05, 3.63) is 48.4 Å². The second-order valence-electron chi connectivity index (χ2n) is 4.83. The average molecular weight is 316 g/mol. The first-order valence-corrected chi connectivity index (χ1v) is 7.44. The molecule has 0 saturated carbocycles. The van der Waals surface area contributed by atoms with E-state index >= 15 is 0 Å². The van der Waals surface area contributed by atoms with Gasteiger partial charge in [-0.2, -0.15) is 0 Å². The highest BCUT2D eigenvalue weighted by Crippen LogP contribution is 2.19. The van der Waals surface area contributed by atoms with Gasteiger partial charge in [0.15, 0.2) is 5.76 Å². The summed E-state index contributed by atoms with van der Waals surface area (Å²) in [5.74, 6) is 0.609. The fourth-order valence-corrected chi connectivity index (χ4v) is 2.13. The van der Waals surface area contributed by atoms with Gasteiger partial charge in [-0.25, -0.2) is 0 Å². The number of hydrogen-bond donors (Lipinski definition) is 1. The summed E-state index contributed by atoms with van der Waals surface area (Å²) in [6.45, 7) is 4.69. The van der Waals surface area contributed by atoms with Gasteiger partial charge in [0, 0.05) is 25.7 Å². The fourth-order valence-electron chi connectivity index (χ4n) is 2.13. The molecule has 6 heteroatoms. The molecule has 1 N–H and O–H groups in total. The zero-order valence-corrected chi connectivity index (χ0v) is 13.2. The van der Waals surface area contributed by atoms with Crippen LogP contribution in [0.3, 0.4) is 0 Å². The van der Waals surface area contributed by atoms with E-state index < -0.39 is 0 Å². The predicted molar refractivity (Wildman–Crippen MR) is 86.7 cm³/mol. The van der Waals surface area contributed by atoms with Crippen LogP contribution in [0, 0.1) is 0 Å². The molecular weight excluding hydrogens is 296 g/mol. The van der Waals surface area contributed by atoms with E-state index in [4.69, 9.17) is 9.15 Å². The standard InChI is InChI=1S/C17H20N2O4/c1-3-22-15-8-6-14(7-9-15)19(13(2)20)11-10-18-17(21)16-5-4-12-23-16/h4-9,12H,3,10-11H2,1-2H3,(H,18,21). The number of carbonyl (C=O) groups excluding carboxylic acids is 2. The van der Waals surface area contributed by atoms with Gasteiger partial charge in [0.25, 0.3) is 5.91 Å². The molecule has 0 unspecified atom stereocenters. The number of carbonyl (C=O) groups is 2. The quantitative estimate of drug-likeness (QED) is 0.852. The summed E-state index contributed by atoms with van der Waals surface area (Å²) < 4.78 is 10.4. The Bertz CT molecular complexity index is 635. The maximum absolute atomic E-state index is 11.8. The molecule has 1 heterocycles. The summed E-state index contributed by atoms with van der Waals surface area (Å²) in [6.07, 6.45) is 1.44. The van der Waals surface area contributed by atoms with E-state index in [0.29, 0.717) is 19.7 Å². The summed E-state index contributed by atoms with van der Waals surface area (Å²) in [6, 6.07) is 10.5. The molecule has 0 atom stereocenters. The van der Waals surface area contributed by atoms with Crippen LogP contribution in [0.1, 0.15) is 24.4 Å². The minimum atomic E-state index is -0.301. The Morgan fingerprint density at radius 1 is 1.22 bits per heavy atom. The van der Waals surface area contributed by atoms with Crippen LogP contribution in [-0.4, -0.2) is 31.5 Å². The zero-order chi connectivity index (χ0) is 16.7. The van der Waals surface area contributed by atoms with Crippen LogP contribution < -0.4 is 15.0 Å². The normalized spacial score (nSPS) is 10.2. The van der Waals surface area contributed by atoms with Crippen LogP contribution in [0.25, 0.3) is 0 Å². The number of amides is 2. The lowest BCUT2D eigenvalue weighted by molar-refractivity contribution is -0.116. The Labute approximate surface area is 135 Å². The number of benzene rings is 1. The highest BCUT2D eigenvalue weighted by Gasteiger charge is 2.13. The highest BCUT2D eigenvalue weighted by atomic mass is 16.5. The van der Waals surface area contributed by atoms with Crippen LogP contribution in [0.2, 0.25) is 0 Å². The Balaban J connectivity index is 1.93. The van der Waals surface area contributed by atoms with E-state index in [1.807, 2.05) is 31.2 Å². The van der Waals surface area contributed by atoms with Crippen molar-refractivity contribution in [1.29, 1.82) is 0 Å². The van der Waals surface area contributed by atoms with Crippen molar-refractivity contribution in [1.82, 2.24) is 5.32 Å². The van der Waals surface area contributed by atoms with Crippen molar-refractivity contribution in [2.45, 2.75) is 13.8 Å². The molecule has 23 heavy (non-hydrogen) atoms. The maximum atomic E-state index is 11.8. The largest absolute Gasteiger partial charge is 0.494 e. The molecular formula is C17H20N2O4. The van der Waals surface area contributed by atoms with Crippen molar-refractivity contribution in [2.24, 2.45) is 0 Å². The lowest BCUT2D eigenvalue weighted by atomic mass is 10.2. The van der Waals surface area contributed by atoms with Gasteiger partial charge in [-0.3, -0.25) is 9.59 Å². The Morgan fingerprint density at radius 2 is 1.96 bits per heavy atom. The summed E-state index contributed by atoms with van der Waals surface area (Å²) in [5.41, 5.74) is 0.758. The van der Waals surface area contributed by atoms with E-state index in [-0.39, 0.29) is 17.6 Å². The average Bonchev–Trinajstić information content (AvgIpc) is 3.07. The van der Waals surface area contributed by atoms with Crippen molar-refractivity contribution in [3.8, 4) is 5.75 Å². The van der Waals surface area contributed by atoms with Gasteiger partial charge in [0.2, 0.25) is 5.91 Å². The lowest BCUT2D eigenvalue weighted by Crippen LogP contribution is -2.37. The van der Waals surface area contributed by atoms with E-state index in [9.17, 15) is 9.59 Å². The molecule has 0 aliphatic heterocycles. The van der Waals surface area contributed by atoms with Crippen molar-refractivity contribution in [2.75, 3.05) is 24.6 Å². The molecule has 0 saturated heterocycles. The minimum Gasteiger partial charge on any atom is -0.494 e. The van der Waals surface area contributed by atoms with Gasteiger partial charge in [-0.1, -0.05) is 0 Å². The predicted octanol–water partition coefficient (Wildman–Crippen LogP) is 2.46. The van der Waals surface area contributed by atoms with Gasteiger partial charge in [-0.05, 0) is 43.3 Å². The molecule has 6 nitrogen and oxygen atoms in total. The van der Waals surface area contributed by atoms with Gasteiger partial charge in [0.05, 0.1) is 12.9 Å². The SMILES string of the molecule is CCOc1ccc(N(CCNC(=O)c2ccco2)C(C)=O)cc1. The number of nitrogens with zero attached hydrogens (tertiary/aromatic N) is 1. The molecule has 2 amide bonds. The minimum absolute atomic E-state index is 0.0959. The smallest absolute Gasteiger partial charge is 0.287 e. The number of anilines is 1. The van der Waals surface area contributed by atoms with E-state index in [0.717, 1.165) is 11.4 Å². The van der Waals surface area contributed by atoms with Gasteiger partial charge in [-0.15, -0.1) is 0 Å². The fraction of sp³-hybridized carbons (Fsp3) is 0.294. The molecule has 0 aliphatic carbocycles. The molecule has 0 aliphatic rings. The third-order valence-corrected chi connectivity index (χ3v) is 3.21. The summed E-state index contributed by atoms with van der Waals surface area (Å²) in [4.78, 5) is 25.2. The Kier molecular flexibility index (Phi) is 5.80. The zero-order valence-electron chi connectivity index (χ0n) is 13.2. The number of rotatable bonds is 7. The van der Waals surface area contributed by atoms with Crippen LogP contribution in [-0.2, 0) is 4.79 Å². The van der Waals surface area contributed by atoms with Gasteiger partial charge < -0.3 is 19.4 Å². The first kappa shape index (κ1) is 16.6. The van der Waals surface area contributed by atoms with Crippen LogP contribution in [0.4, 0.5) is 5.69 Å². The van der Waals surface area contributed by atoms with Crippen molar-refractivity contribution in [3.63, 3.8) is 0 Å². The lowest BCUT2D eigenvalue weighted by Gasteiger charge is -2.21. The molecule has 0 radical (unpaired) electrons. The third-order valence-electron chi connectivity index (χ3n) is 3.21. The highest BCUT2D eigenvalue weighted by molar-refractivity contribution is 5.92. The maximum Gasteiger partial charge on any atom is 0.287 e. The number of furan rings is 1. The van der Waals surface area contributed by atoms with Crippen molar-refractivity contribution < 1.29 is 18.7 Å². The molecule has 0 spiro atoms. The van der Waals surface area contributed by atoms with E-state index in [1.165, 1.54) is 13.2 Å². The van der Waals surface area contributed by atoms with E-state index in [2.05, 4.69) is 5.32 Å². The summed E-state index contributed by atoms with van der Waals surface area (Å²) in [7, 11) is 0. The Hall–Kier alpha value is -2.76. The molecule has 122 valence electrons.